The Balaban J connectivity index is 1.85. The zero-order valence-electron chi connectivity index (χ0n) is 11.2. The first-order chi connectivity index (χ1) is 9.22. The van der Waals surface area contributed by atoms with Crippen LogP contribution in [0, 0.1) is 6.92 Å². The van der Waals surface area contributed by atoms with Crippen molar-refractivity contribution in [1.29, 1.82) is 0 Å². The lowest BCUT2D eigenvalue weighted by Crippen LogP contribution is -2.31. The minimum atomic E-state index is 0.330. The molecule has 19 heavy (non-hydrogen) atoms. The number of phenolic OH excluding ortho intramolecular Hbond substituents is 1. The molecule has 98 valence electrons. The van der Waals surface area contributed by atoms with Crippen molar-refractivity contribution in [2.24, 2.45) is 0 Å². The number of aryl methyl sites for hydroxylation is 1. The van der Waals surface area contributed by atoms with E-state index < -0.39 is 0 Å². The summed E-state index contributed by atoms with van der Waals surface area (Å²) in [6.07, 6.45) is 2.08. The molecule has 0 amide bonds. The van der Waals surface area contributed by atoms with Crippen LogP contribution in [0.2, 0.25) is 0 Å². The Labute approximate surface area is 114 Å². The molecule has 0 spiro atoms. The summed E-state index contributed by atoms with van der Waals surface area (Å²) in [4.78, 5) is 0. The van der Waals surface area contributed by atoms with Crippen LogP contribution in [-0.2, 0) is 12.8 Å². The molecule has 0 aliphatic carbocycles. The highest BCUT2D eigenvalue weighted by molar-refractivity contribution is 5.37. The van der Waals surface area contributed by atoms with Gasteiger partial charge in [-0.25, -0.2) is 0 Å². The van der Waals surface area contributed by atoms with Crippen LogP contribution >= 0.6 is 0 Å². The van der Waals surface area contributed by atoms with E-state index in [9.17, 15) is 5.11 Å². The van der Waals surface area contributed by atoms with Gasteiger partial charge in [0, 0.05) is 6.04 Å². The molecule has 0 saturated heterocycles. The topological polar surface area (TPSA) is 32.3 Å². The van der Waals surface area contributed by atoms with Crippen LogP contribution < -0.4 is 5.32 Å². The standard InChI is InChI=1S/C17H19NO/c1-12-2-7-16-14(10-12)8-9-18-17(16)11-13-3-5-15(19)6-4-13/h2-7,10,17-19H,8-9,11H2,1H3/t17-/m1/s1. The van der Waals surface area contributed by atoms with Crippen LogP contribution in [0.5, 0.6) is 5.75 Å². The second-order valence-electron chi connectivity index (χ2n) is 5.33. The molecule has 2 aromatic carbocycles. The summed E-state index contributed by atoms with van der Waals surface area (Å²) in [5, 5.41) is 12.9. The van der Waals surface area contributed by atoms with Crippen LogP contribution in [0.4, 0.5) is 0 Å². The molecule has 0 radical (unpaired) electrons. The van der Waals surface area contributed by atoms with Gasteiger partial charge in [-0.3, -0.25) is 0 Å². The Hall–Kier alpha value is -1.80. The van der Waals surface area contributed by atoms with E-state index in [1.54, 1.807) is 12.1 Å². The van der Waals surface area contributed by atoms with Crippen LogP contribution in [-0.4, -0.2) is 11.7 Å². The van der Waals surface area contributed by atoms with E-state index in [1.807, 2.05) is 12.1 Å². The summed E-state index contributed by atoms with van der Waals surface area (Å²) >= 11 is 0. The molecule has 0 unspecified atom stereocenters. The van der Waals surface area contributed by atoms with Gasteiger partial charge in [-0.2, -0.15) is 0 Å². The van der Waals surface area contributed by atoms with Crippen LogP contribution in [0.3, 0.4) is 0 Å². The molecule has 0 aromatic heterocycles. The number of rotatable bonds is 2. The number of nitrogens with one attached hydrogen (secondary N) is 1. The van der Waals surface area contributed by atoms with Gasteiger partial charge in [0.15, 0.2) is 0 Å². The lowest BCUT2D eigenvalue weighted by atomic mass is 9.89. The first-order valence-corrected chi connectivity index (χ1v) is 6.83. The lowest BCUT2D eigenvalue weighted by molar-refractivity contribution is 0.474. The molecule has 1 aliphatic heterocycles. The number of benzene rings is 2. The van der Waals surface area contributed by atoms with E-state index in [2.05, 4.69) is 30.4 Å². The number of hydrogen-bond acceptors (Lipinski definition) is 2. The van der Waals surface area contributed by atoms with Crippen molar-refractivity contribution in [3.63, 3.8) is 0 Å². The maximum absolute atomic E-state index is 9.34. The van der Waals surface area contributed by atoms with Gasteiger partial charge in [-0.05, 0) is 55.1 Å². The second-order valence-corrected chi connectivity index (χ2v) is 5.33. The average Bonchev–Trinajstić information content (AvgIpc) is 2.41. The van der Waals surface area contributed by atoms with Gasteiger partial charge >= 0.3 is 0 Å². The van der Waals surface area contributed by atoms with E-state index in [1.165, 1.54) is 22.3 Å². The predicted molar refractivity (Wildman–Crippen MR) is 77.4 cm³/mol. The van der Waals surface area contributed by atoms with Gasteiger partial charge in [0.05, 0.1) is 0 Å². The third kappa shape index (κ3) is 2.64. The Morgan fingerprint density at radius 1 is 1.16 bits per heavy atom. The lowest BCUT2D eigenvalue weighted by Gasteiger charge is -2.27. The molecule has 2 heteroatoms. The van der Waals surface area contributed by atoms with Crippen molar-refractivity contribution in [3.8, 4) is 5.75 Å². The highest BCUT2D eigenvalue weighted by Crippen LogP contribution is 2.27. The van der Waals surface area contributed by atoms with Gasteiger partial charge in [-0.1, -0.05) is 35.9 Å². The monoisotopic (exact) mass is 253 g/mol. The molecule has 0 bridgehead atoms. The summed E-state index contributed by atoms with van der Waals surface area (Å²) in [7, 11) is 0. The molecule has 1 atom stereocenters. The molecule has 2 nitrogen and oxygen atoms in total. The van der Waals surface area contributed by atoms with Gasteiger partial charge in [0.25, 0.3) is 0 Å². The first kappa shape index (κ1) is 12.2. The SMILES string of the molecule is Cc1ccc2c(c1)CCN[C@@H]2Cc1ccc(O)cc1. The first-order valence-electron chi connectivity index (χ1n) is 6.83. The zero-order valence-corrected chi connectivity index (χ0v) is 11.2. The highest BCUT2D eigenvalue weighted by atomic mass is 16.3. The second kappa shape index (κ2) is 5.06. The van der Waals surface area contributed by atoms with E-state index in [0.717, 1.165) is 19.4 Å². The largest absolute Gasteiger partial charge is 0.508 e. The van der Waals surface area contributed by atoms with Crippen LogP contribution in [0.25, 0.3) is 0 Å². The highest BCUT2D eigenvalue weighted by Gasteiger charge is 2.19. The Morgan fingerprint density at radius 2 is 1.95 bits per heavy atom. The third-order valence-electron chi connectivity index (χ3n) is 3.84. The predicted octanol–water partition coefficient (Wildman–Crippen LogP) is 3.13. The fourth-order valence-corrected chi connectivity index (χ4v) is 2.83. The van der Waals surface area contributed by atoms with Crippen LogP contribution in [0.1, 0.15) is 28.3 Å². The number of phenols is 1. The van der Waals surface area contributed by atoms with Crippen molar-refractivity contribution in [1.82, 2.24) is 5.32 Å². The summed E-state index contributed by atoms with van der Waals surface area (Å²) in [6.45, 7) is 3.19. The summed E-state index contributed by atoms with van der Waals surface area (Å²) in [6, 6.07) is 14.6. The summed E-state index contributed by atoms with van der Waals surface area (Å²) in [5.41, 5.74) is 5.49. The quantitative estimate of drug-likeness (QED) is 0.862. The van der Waals surface area contributed by atoms with Crippen molar-refractivity contribution < 1.29 is 5.11 Å². The van der Waals surface area contributed by atoms with E-state index in [4.69, 9.17) is 0 Å². The molecule has 3 rings (SSSR count). The van der Waals surface area contributed by atoms with E-state index >= 15 is 0 Å². The van der Waals surface area contributed by atoms with Gasteiger partial charge < -0.3 is 10.4 Å². The van der Waals surface area contributed by atoms with Crippen molar-refractivity contribution in [2.75, 3.05) is 6.54 Å². The molecular weight excluding hydrogens is 234 g/mol. The van der Waals surface area contributed by atoms with Gasteiger partial charge in [-0.15, -0.1) is 0 Å². The van der Waals surface area contributed by atoms with Crippen molar-refractivity contribution >= 4 is 0 Å². The molecule has 0 fully saturated rings. The van der Waals surface area contributed by atoms with Gasteiger partial charge in [0.2, 0.25) is 0 Å². The number of fused-ring (bicyclic) bond motifs is 1. The Bertz CT molecular complexity index is 574. The smallest absolute Gasteiger partial charge is 0.115 e. The third-order valence-corrected chi connectivity index (χ3v) is 3.84. The number of hydrogen-bond donors (Lipinski definition) is 2. The maximum Gasteiger partial charge on any atom is 0.115 e. The van der Waals surface area contributed by atoms with Crippen molar-refractivity contribution in [3.05, 3.63) is 64.7 Å². The molecule has 2 N–H and O–H groups in total. The fraction of sp³-hybridized carbons (Fsp3) is 0.294. The van der Waals surface area contributed by atoms with E-state index in [0.29, 0.717) is 11.8 Å². The normalized spacial score (nSPS) is 18.1. The summed E-state index contributed by atoms with van der Waals surface area (Å²) in [5.74, 6) is 0.330. The molecule has 1 heterocycles. The maximum atomic E-state index is 9.34. The molecular formula is C17H19NO. The molecule has 0 saturated carbocycles. The summed E-state index contributed by atoms with van der Waals surface area (Å²) < 4.78 is 0. The minimum absolute atomic E-state index is 0.330. The van der Waals surface area contributed by atoms with Crippen LogP contribution in [0.15, 0.2) is 42.5 Å². The molecule has 1 aliphatic rings. The zero-order chi connectivity index (χ0) is 13.2. The Kier molecular flexibility index (Phi) is 3.26. The Morgan fingerprint density at radius 3 is 2.74 bits per heavy atom. The van der Waals surface area contributed by atoms with E-state index in [-0.39, 0.29) is 0 Å². The minimum Gasteiger partial charge on any atom is -0.508 e. The fourth-order valence-electron chi connectivity index (χ4n) is 2.83. The molecule has 2 aromatic rings. The van der Waals surface area contributed by atoms with Crippen molar-refractivity contribution in [2.45, 2.75) is 25.8 Å². The number of aromatic hydroxyl groups is 1. The average molecular weight is 253 g/mol. The van der Waals surface area contributed by atoms with Gasteiger partial charge in [0.1, 0.15) is 5.75 Å².